The van der Waals surface area contributed by atoms with Crippen molar-refractivity contribution < 1.29 is 28.6 Å². The summed E-state index contributed by atoms with van der Waals surface area (Å²) < 4.78 is 16.9. The Kier molecular flexibility index (Phi) is 63.9. The van der Waals surface area contributed by atoms with Gasteiger partial charge in [0.05, 0.1) is 0 Å². The van der Waals surface area contributed by atoms with Crippen LogP contribution in [0.3, 0.4) is 0 Å². The Morgan fingerprint density at radius 1 is 0.256 bits per heavy atom. The molecule has 82 heavy (non-hydrogen) atoms. The average Bonchev–Trinajstić information content (AvgIpc) is 3.47. The Morgan fingerprint density at radius 2 is 0.476 bits per heavy atom. The highest BCUT2D eigenvalue weighted by Crippen LogP contribution is 2.14. The van der Waals surface area contributed by atoms with E-state index in [1.54, 1.807) is 0 Å². The highest BCUT2D eigenvalue weighted by Gasteiger charge is 2.19. The van der Waals surface area contributed by atoms with Crippen LogP contribution >= 0.6 is 0 Å². The van der Waals surface area contributed by atoms with Crippen LogP contribution in [0.2, 0.25) is 0 Å². The molecule has 0 aromatic carbocycles. The summed E-state index contributed by atoms with van der Waals surface area (Å²) >= 11 is 0. The molecular weight excluding hydrogens is 1010 g/mol. The third-order valence-electron chi connectivity index (χ3n) is 13.4. The maximum absolute atomic E-state index is 12.9. The fourth-order valence-corrected chi connectivity index (χ4v) is 8.54. The van der Waals surface area contributed by atoms with Crippen LogP contribution in [-0.4, -0.2) is 37.2 Å². The van der Waals surface area contributed by atoms with Crippen molar-refractivity contribution in [1.82, 2.24) is 0 Å². The van der Waals surface area contributed by atoms with Crippen molar-refractivity contribution in [2.45, 2.75) is 277 Å². The van der Waals surface area contributed by atoms with Crippen LogP contribution in [0.25, 0.3) is 0 Å². The van der Waals surface area contributed by atoms with Gasteiger partial charge in [0.15, 0.2) is 6.10 Å². The smallest absolute Gasteiger partial charge is 0.306 e. The quantitative estimate of drug-likeness (QED) is 0.0261. The van der Waals surface area contributed by atoms with Gasteiger partial charge in [-0.3, -0.25) is 14.4 Å². The molecule has 0 aromatic heterocycles. The monoisotopic (exact) mass is 1130 g/mol. The molecule has 1 atom stereocenters. The molecule has 6 nitrogen and oxygen atoms in total. The Morgan fingerprint density at radius 3 is 0.780 bits per heavy atom. The first-order valence-electron chi connectivity index (χ1n) is 33.1. The fourth-order valence-electron chi connectivity index (χ4n) is 8.54. The van der Waals surface area contributed by atoms with E-state index < -0.39 is 6.10 Å². The van der Waals surface area contributed by atoms with Gasteiger partial charge in [0, 0.05) is 19.3 Å². The van der Waals surface area contributed by atoms with E-state index in [9.17, 15) is 14.4 Å². The first-order chi connectivity index (χ1) is 40.5. The van der Waals surface area contributed by atoms with Gasteiger partial charge in [0.2, 0.25) is 0 Å². The van der Waals surface area contributed by atoms with E-state index in [1.807, 2.05) is 0 Å². The summed E-state index contributed by atoms with van der Waals surface area (Å²) in [4.78, 5) is 38.3. The summed E-state index contributed by atoms with van der Waals surface area (Å²) in [6.45, 7) is 6.35. The minimum Gasteiger partial charge on any atom is -0.462 e. The Hall–Kier alpha value is -5.23. The standard InChI is InChI=1S/C76H120O6/c1-4-7-10-13-16-19-22-25-28-30-31-32-33-34-35-36-37-38-39-40-41-42-43-44-45-46-49-51-54-57-60-63-66-69-75(78)81-72-73(71-80-74(77)68-65-62-59-56-53-50-47-27-24-21-18-15-12-9-6-3)82-76(79)70-67-64-61-58-55-52-48-29-26-23-20-17-14-11-8-5-2/h7,9-10,12,16,18-19,21,25,27-29,31-32,34-35,37-38,40-41,43-44,46-49,53,56,73H,4-6,8,11,13-15,17,20,22-24,26,30,33,36,39,42,45,50-52,54-55,57-72H2,1-3H3/b10-7-,12-9-,19-16-,21-18-,28-25-,32-31-,35-34-,38-37-,41-40-,44-43-,47-27-,48-29-,49-46-,56-53-. The van der Waals surface area contributed by atoms with E-state index in [0.29, 0.717) is 25.7 Å². The fraction of sp³-hybridized carbons (Fsp3) is 0.592. The number of hydrogen-bond acceptors (Lipinski definition) is 6. The third kappa shape index (κ3) is 65.6. The van der Waals surface area contributed by atoms with Gasteiger partial charge in [-0.15, -0.1) is 0 Å². The summed E-state index contributed by atoms with van der Waals surface area (Å²) in [6.07, 6.45) is 101. The van der Waals surface area contributed by atoms with Crippen LogP contribution in [0.5, 0.6) is 0 Å². The van der Waals surface area contributed by atoms with Crippen LogP contribution in [0.4, 0.5) is 0 Å². The van der Waals surface area contributed by atoms with Crippen LogP contribution in [0.1, 0.15) is 271 Å². The summed E-state index contributed by atoms with van der Waals surface area (Å²) in [5.74, 6) is -0.983. The molecule has 0 aliphatic carbocycles. The van der Waals surface area contributed by atoms with E-state index in [1.165, 1.54) is 57.8 Å². The van der Waals surface area contributed by atoms with Gasteiger partial charge < -0.3 is 14.2 Å². The summed E-state index contributed by atoms with van der Waals surface area (Å²) in [7, 11) is 0. The Bertz CT molecular complexity index is 1870. The molecule has 0 fully saturated rings. The number of hydrogen-bond donors (Lipinski definition) is 0. The maximum Gasteiger partial charge on any atom is 0.306 e. The van der Waals surface area contributed by atoms with Crippen molar-refractivity contribution in [1.29, 1.82) is 0 Å². The van der Waals surface area contributed by atoms with Gasteiger partial charge in [-0.05, 0) is 154 Å². The lowest BCUT2D eigenvalue weighted by molar-refractivity contribution is -0.167. The van der Waals surface area contributed by atoms with Gasteiger partial charge in [-0.1, -0.05) is 268 Å². The maximum atomic E-state index is 12.9. The van der Waals surface area contributed by atoms with Crippen LogP contribution < -0.4 is 0 Å². The molecule has 0 amide bonds. The summed E-state index contributed by atoms with van der Waals surface area (Å²) in [5, 5.41) is 0. The molecule has 0 heterocycles. The molecule has 0 saturated heterocycles. The second-order valence-corrected chi connectivity index (χ2v) is 21.3. The number of rotatable bonds is 58. The zero-order valence-corrected chi connectivity index (χ0v) is 52.7. The van der Waals surface area contributed by atoms with Crippen molar-refractivity contribution in [3.8, 4) is 0 Å². The highest BCUT2D eigenvalue weighted by atomic mass is 16.6. The van der Waals surface area contributed by atoms with Crippen LogP contribution in [0, 0.1) is 0 Å². The molecule has 0 bridgehead atoms. The van der Waals surface area contributed by atoms with Crippen molar-refractivity contribution >= 4 is 17.9 Å². The largest absolute Gasteiger partial charge is 0.462 e. The summed E-state index contributed by atoms with van der Waals surface area (Å²) in [6, 6.07) is 0. The predicted molar refractivity (Wildman–Crippen MR) is 357 cm³/mol. The van der Waals surface area contributed by atoms with E-state index in [0.717, 1.165) is 167 Å². The first kappa shape index (κ1) is 76.8. The first-order valence-corrected chi connectivity index (χ1v) is 33.1. The van der Waals surface area contributed by atoms with Gasteiger partial charge in [-0.2, -0.15) is 0 Å². The molecule has 0 spiro atoms. The molecule has 0 aromatic rings. The molecular formula is C76H120O6. The lowest BCUT2D eigenvalue weighted by atomic mass is 10.1. The zero-order chi connectivity index (χ0) is 59.2. The van der Waals surface area contributed by atoms with E-state index in [2.05, 4.69) is 191 Å². The van der Waals surface area contributed by atoms with Crippen LogP contribution in [0.15, 0.2) is 170 Å². The van der Waals surface area contributed by atoms with Crippen LogP contribution in [-0.2, 0) is 28.6 Å². The van der Waals surface area contributed by atoms with E-state index in [-0.39, 0.29) is 31.1 Å². The van der Waals surface area contributed by atoms with Crippen molar-refractivity contribution in [2.75, 3.05) is 13.2 Å². The predicted octanol–water partition coefficient (Wildman–Crippen LogP) is 23.0. The van der Waals surface area contributed by atoms with Crippen molar-refractivity contribution in [2.24, 2.45) is 0 Å². The number of esters is 3. The molecule has 0 N–H and O–H groups in total. The molecule has 0 radical (unpaired) electrons. The second kappa shape index (κ2) is 68.3. The molecule has 1 unspecified atom stereocenters. The average molecular weight is 1130 g/mol. The van der Waals surface area contributed by atoms with Gasteiger partial charge in [0.1, 0.15) is 13.2 Å². The lowest BCUT2D eigenvalue weighted by Gasteiger charge is -2.18. The van der Waals surface area contributed by atoms with E-state index >= 15 is 0 Å². The van der Waals surface area contributed by atoms with Gasteiger partial charge in [0.25, 0.3) is 0 Å². The number of carbonyl (C=O) groups excluding carboxylic acids is 3. The van der Waals surface area contributed by atoms with Crippen molar-refractivity contribution in [3.63, 3.8) is 0 Å². The summed E-state index contributed by atoms with van der Waals surface area (Å²) in [5.41, 5.74) is 0. The molecule has 0 aliphatic rings. The van der Waals surface area contributed by atoms with E-state index in [4.69, 9.17) is 14.2 Å². The molecule has 0 aliphatic heterocycles. The molecule has 0 rings (SSSR count). The van der Waals surface area contributed by atoms with Gasteiger partial charge in [-0.25, -0.2) is 0 Å². The topological polar surface area (TPSA) is 78.9 Å². The SMILES string of the molecule is CC/C=C\C/C=C\C/C=C\C/C=C\C/C=C\C/C=C\C/C=C\C/C=C\C/C=C\CCCCCCCC(=O)OCC(COC(=O)CCCC/C=C\C/C=C\C/C=C\C/C=C\CC)OC(=O)CCCCCCC/C=C\CCCCCCCCC. The Balaban J connectivity index is 4.41. The normalized spacial score (nSPS) is 13.3. The zero-order valence-electron chi connectivity index (χ0n) is 52.7. The molecule has 6 heteroatoms. The van der Waals surface area contributed by atoms with Crippen molar-refractivity contribution in [3.05, 3.63) is 170 Å². The third-order valence-corrected chi connectivity index (χ3v) is 13.4. The number of ether oxygens (including phenoxy) is 3. The lowest BCUT2D eigenvalue weighted by Crippen LogP contribution is -2.30. The minimum atomic E-state index is -0.817. The number of carbonyl (C=O) groups is 3. The minimum absolute atomic E-state index is 0.112. The second-order valence-electron chi connectivity index (χ2n) is 21.3. The number of unbranched alkanes of at least 4 members (excludes halogenated alkanes) is 19. The molecule has 460 valence electrons. The highest BCUT2D eigenvalue weighted by molar-refractivity contribution is 5.71. The molecule has 0 saturated carbocycles. The number of allylic oxidation sites excluding steroid dienone is 28. The van der Waals surface area contributed by atoms with Gasteiger partial charge >= 0.3 is 17.9 Å². The Labute approximate surface area is 504 Å².